The molecule has 0 spiro atoms. The van der Waals surface area contributed by atoms with E-state index in [9.17, 15) is 4.79 Å². The van der Waals surface area contributed by atoms with E-state index < -0.39 is 0 Å². The van der Waals surface area contributed by atoms with Crippen molar-refractivity contribution < 1.29 is 9.53 Å². The van der Waals surface area contributed by atoms with Crippen LogP contribution in [0, 0.1) is 6.92 Å². The number of ether oxygens (including phenoxy) is 1. The molecule has 2 aromatic rings. The number of thiocarbonyl (C=S) groups is 1. The average molecular weight is 367 g/mol. The first-order valence-electron chi connectivity index (χ1n) is 7.77. The maximum atomic E-state index is 12.1. The van der Waals surface area contributed by atoms with Gasteiger partial charge < -0.3 is 15.4 Å². The van der Waals surface area contributed by atoms with Crippen molar-refractivity contribution in [3.63, 3.8) is 0 Å². The zero-order valence-electron chi connectivity index (χ0n) is 14.3. The number of nitrogens with zero attached hydrogens (tertiary/aromatic N) is 2. The molecule has 0 bridgehead atoms. The van der Waals surface area contributed by atoms with Crippen molar-refractivity contribution in [3.05, 3.63) is 34.0 Å². The van der Waals surface area contributed by atoms with Crippen LogP contribution in [0.4, 0.5) is 5.00 Å². The highest BCUT2D eigenvalue weighted by Gasteiger charge is 2.22. The molecule has 2 heterocycles. The van der Waals surface area contributed by atoms with Crippen LogP contribution in [0.2, 0.25) is 0 Å². The molecule has 6 nitrogen and oxygen atoms in total. The summed E-state index contributed by atoms with van der Waals surface area (Å²) in [6.45, 7) is 7.43. The molecular weight excluding hydrogens is 344 g/mol. The highest BCUT2D eigenvalue weighted by molar-refractivity contribution is 7.80. The molecule has 0 aliphatic heterocycles. The zero-order chi connectivity index (χ0) is 17.7. The first-order valence-corrected chi connectivity index (χ1v) is 9.00. The number of aryl methyl sites for hydroxylation is 2. The van der Waals surface area contributed by atoms with Gasteiger partial charge in [0.1, 0.15) is 5.00 Å². The fraction of sp³-hybridized carbons (Fsp3) is 0.438. The Labute approximate surface area is 151 Å². The van der Waals surface area contributed by atoms with Crippen LogP contribution in [0.1, 0.15) is 40.3 Å². The molecule has 8 heteroatoms. The van der Waals surface area contributed by atoms with E-state index in [1.807, 2.05) is 31.5 Å². The molecule has 0 saturated heterocycles. The molecule has 0 radical (unpaired) electrons. The lowest BCUT2D eigenvalue weighted by atomic mass is 10.1. The maximum absolute atomic E-state index is 12.1. The highest BCUT2D eigenvalue weighted by Crippen LogP contribution is 2.33. The molecule has 0 saturated carbocycles. The molecule has 0 aliphatic carbocycles. The van der Waals surface area contributed by atoms with Crippen LogP contribution in [0.25, 0.3) is 0 Å². The van der Waals surface area contributed by atoms with Gasteiger partial charge in [-0.05, 0) is 44.1 Å². The van der Waals surface area contributed by atoms with Gasteiger partial charge in [-0.15, -0.1) is 11.3 Å². The summed E-state index contributed by atoms with van der Waals surface area (Å²) in [6.07, 6.45) is 2.53. The number of rotatable bonds is 6. The Hall–Kier alpha value is -1.93. The molecule has 130 valence electrons. The smallest absolute Gasteiger partial charge is 0.341 e. The minimum Gasteiger partial charge on any atom is -0.465 e. The largest absolute Gasteiger partial charge is 0.465 e. The third kappa shape index (κ3) is 3.93. The van der Waals surface area contributed by atoms with E-state index in [-0.39, 0.29) is 5.97 Å². The maximum Gasteiger partial charge on any atom is 0.341 e. The summed E-state index contributed by atoms with van der Waals surface area (Å²) in [6, 6.07) is 1.95. The van der Waals surface area contributed by atoms with Crippen molar-refractivity contribution in [2.75, 3.05) is 12.4 Å². The van der Waals surface area contributed by atoms with Crippen LogP contribution >= 0.6 is 23.6 Å². The number of esters is 1. The molecule has 0 aromatic carbocycles. The van der Waals surface area contributed by atoms with Gasteiger partial charge in [-0.2, -0.15) is 5.10 Å². The Morgan fingerprint density at radius 3 is 2.83 bits per heavy atom. The molecule has 2 aromatic heterocycles. The van der Waals surface area contributed by atoms with Crippen LogP contribution in [0.15, 0.2) is 12.3 Å². The van der Waals surface area contributed by atoms with E-state index >= 15 is 0 Å². The van der Waals surface area contributed by atoms with Crippen LogP contribution in [-0.2, 0) is 24.2 Å². The molecule has 0 amide bonds. The van der Waals surface area contributed by atoms with Gasteiger partial charge in [0.05, 0.1) is 24.9 Å². The zero-order valence-corrected chi connectivity index (χ0v) is 15.9. The van der Waals surface area contributed by atoms with E-state index in [1.165, 1.54) is 18.4 Å². The van der Waals surface area contributed by atoms with Crippen molar-refractivity contribution >= 4 is 39.6 Å². The number of anilines is 1. The molecule has 0 atom stereocenters. The minimum absolute atomic E-state index is 0.342. The number of methoxy groups -OCH3 is 1. The lowest BCUT2D eigenvalue weighted by molar-refractivity contribution is 0.0601. The van der Waals surface area contributed by atoms with E-state index in [2.05, 4.69) is 15.7 Å². The number of hydrogen-bond donors (Lipinski definition) is 2. The Balaban J connectivity index is 2.10. The molecule has 0 aliphatic rings. The fourth-order valence-corrected chi connectivity index (χ4v) is 3.90. The highest BCUT2D eigenvalue weighted by atomic mass is 32.1. The summed E-state index contributed by atoms with van der Waals surface area (Å²) in [5.41, 5.74) is 2.62. The average Bonchev–Trinajstić information content (AvgIpc) is 3.15. The van der Waals surface area contributed by atoms with E-state index in [4.69, 9.17) is 17.0 Å². The van der Waals surface area contributed by atoms with Gasteiger partial charge in [0, 0.05) is 17.6 Å². The second-order valence-electron chi connectivity index (χ2n) is 5.13. The molecule has 0 fully saturated rings. The second kappa shape index (κ2) is 8.25. The standard InChI is InChI=1S/C16H22N4O2S2/c1-5-12-10(3)24-14(13(12)15(21)22-4)19-16(23)17-9-11-7-8-18-20(11)6-2/h7-8H,5-6,9H2,1-4H3,(H2,17,19,23). The molecule has 0 unspecified atom stereocenters. The monoisotopic (exact) mass is 366 g/mol. The SMILES string of the molecule is CCc1c(C)sc(NC(=S)NCc2ccnn2CC)c1C(=O)OC. The summed E-state index contributed by atoms with van der Waals surface area (Å²) in [4.78, 5) is 13.2. The Kier molecular flexibility index (Phi) is 6.33. The Morgan fingerprint density at radius 1 is 1.46 bits per heavy atom. The number of aromatic nitrogens is 2. The van der Waals surface area contributed by atoms with Crippen LogP contribution in [-0.4, -0.2) is 28.0 Å². The number of carbonyl (C=O) groups excluding carboxylic acids is 1. The number of nitrogens with one attached hydrogen (secondary N) is 2. The van der Waals surface area contributed by atoms with Gasteiger partial charge in [-0.1, -0.05) is 6.92 Å². The summed E-state index contributed by atoms with van der Waals surface area (Å²) in [5, 5.41) is 11.7. The van der Waals surface area contributed by atoms with Gasteiger partial charge >= 0.3 is 5.97 Å². The summed E-state index contributed by atoms with van der Waals surface area (Å²) < 4.78 is 6.82. The number of thiophene rings is 1. The van der Waals surface area contributed by atoms with Crippen molar-refractivity contribution in [2.24, 2.45) is 0 Å². The van der Waals surface area contributed by atoms with E-state index in [0.29, 0.717) is 17.2 Å². The topological polar surface area (TPSA) is 68.2 Å². The first-order chi connectivity index (χ1) is 11.5. The summed E-state index contributed by atoms with van der Waals surface area (Å²) in [5.74, 6) is -0.342. The lowest BCUT2D eigenvalue weighted by Gasteiger charge is -2.11. The third-order valence-electron chi connectivity index (χ3n) is 3.71. The van der Waals surface area contributed by atoms with Crippen molar-refractivity contribution in [3.8, 4) is 0 Å². The minimum atomic E-state index is -0.342. The second-order valence-corrected chi connectivity index (χ2v) is 6.77. The normalized spacial score (nSPS) is 10.5. The van der Waals surface area contributed by atoms with Gasteiger partial charge in [-0.3, -0.25) is 4.68 Å². The van der Waals surface area contributed by atoms with E-state index in [1.54, 1.807) is 6.20 Å². The first kappa shape index (κ1) is 18.4. The van der Waals surface area contributed by atoms with Gasteiger partial charge in [0.25, 0.3) is 0 Å². The van der Waals surface area contributed by atoms with E-state index in [0.717, 1.165) is 34.1 Å². The summed E-state index contributed by atoms with van der Waals surface area (Å²) >= 11 is 6.87. The van der Waals surface area contributed by atoms with Crippen LogP contribution in [0.3, 0.4) is 0 Å². The summed E-state index contributed by atoms with van der Waals surface area (Å²) in [7, 11) is 1.39. The quantitative estimate of drug-likeness (QED) is 0.605. The predicted octanol–water partition coefficient (Wildman–Crippen LogP) is 3.11. The van der Waals surface area contributed by atoms with Crippen molar-refractivity contribution in [1.82, 2.24) is 15.1 Å². The molecule has 24 heavy (non-hydrogen) atoms. The Bertz CT molecular complexity index is 737. The van der Waals surface area contributed by atoms with Crippen molar-refractivity contribution in [2.45, 2.75) is 40.3 Å². The van der Waals surface area contributed by atoms with Gasteiger partial charge in [0.15, 0.2) is 5.11 Å². The van der Waals surface area contributed by atoms with Crippen LogP contribution in [0.5, 0.6) is 0 Å². The van der Waals surface area contributed by atoms with Crippen molar-refractivity contribution in [1.29, 1.82) is 0 Å². The lowest BCUT2D eigenvalue weighted by Crippen LogP contribution is -2.29. The molecule has 2 N–H and O–H groups in total. The molecular formula is C16H22N4O2S2. The fourth-order valence-electron chi connectivity index (χ4n) is 2.52. The number of carbonyl (C=O) groups is 1. The Morgan fingerprint density at radius 2 is 2.21 bits per heavy atom. The number of hydrogen-bond acceptors (Lipinski definition) is 5. The molecule has 2 rings (SSSR count). The van der Waals surface area contributed by atoms with Gasteiger partial charge in [0.2, 0.25) is 0 Å². The predicted molar refractivity (Wildman–Crippen MR) is 101 cm³/mol. The van der Waals surface area contributed by atoms with Crippen LogP contribution < -0.4 is 10.6 Å². The third-order valence-corrected chi connectivity index (χ3v) is 5.02. The van der Waals surface area contributed by atoms with Gasteiger partial charge in [-0.25, -0.2) is 4.79 Å².